The smallest absolute Gasteiger partial charge is 0.322 e. The fourth-order valence-corrected chi connectivity index (χ4v) is 1.91. The maximum Gasteiger partial charge on any atom is 0.416 e. The Morgan fingerprint density at radius 2 is 2.00 bits per heavy atom. The summed E-state index contributed by atoms with van der Waals surface area (Å²) in [5, 5.41) is 0. The molecule has 0 saturated carbocycles. The van der Waals surface area contributed by atoms with Crippen LogP contribution in [0.1, 0.15) is 28.7 Å². The van der Waals surface area contributed by atoms with Crippen LogP contribution in [0.3, 0.4) is 0 Å². The Hall–Kier alpha value is -1.95. The molecular weight excluding hydrogens is 267 g/mol. The van der Waals surface area contributed by atoms with E-state index in [-0.39, 0.29) is 0 Å². The summed E-state index contributed by atoms with van der Waals surface area (Å²) in [5.74, 6) is 0.585. The highest BCUT2D eigenvalue weighted by molar-refractivity contribution is 5.27. The molecule has 2 N–H and O–H groups in total. The van der Waals surface area contributed by atoms with Gasteiger partial charge in [-0.1, -0.05) is 18.2 Å². The van der Waals surface area contributed by atoms with Crippen LogP contribution in [-0.2, 0) is 12.6 Å². The van der Waals surface area contributed by atoms with Crippen LogP contribution in [0.2, 0.25) is 0 Å². The molecule has 1 aromatic heterocycles. The number of nitrogens with zero attached hydrogens (tertiary/aromatic N) is 2. The van der Waals surface area contributed by atoms with Gasteiger partial charge in [0.2, 0.25) is 0 Å². The fraction of sp³-hybridized carbons (Fsp3) is 0.286. The molecule has 20 heavy (non-hydrogen) atoms. The number of nitrogens with two attached hydrogens (primary N) is 1. The summed E-state index contributed by atoms with van der Waals surface area (Å²) in [4.78, 5) is 8.14. The van der Waals surface area contributed by atoms with Crippen LogP contribution >= 0.6 is 0 Å². The monoisotopic (exact) mass is 281 g/mol. The Morgan fingerprint density at radius 3 is 2.65 bits per heavy atom. The van der Waals surface area contributed by atoms with Crippen LogP contribution in [0.25, 0.3) is 0 Å². The van der Waals surface area contributed by atoms with Crippen LogP contribution in [0.15, 0.2) is 36.5 Å². The average Bonchev–Trinajstić information content (AvgIpc) is 2.38. The van der Waals surface area contributed by atoms with Crippen molar-refractivity contribution in [2.75, 3.05) is 0 Å². The molecule has 0 aliphatic heterocycles. The summed E-state index contributed by atoms with van der Waals surface area (Å²) in [6.45, 7) is 1.74. The Bertz CT molecular complexity index is 596. The molecule has 1 heterocycles. The number of hydrogen-bond acceptors (Lipinski definition) is 3. The van der Waals surface area contributed by atoms with Gasteiger partial charge in [-0.25, -0.2) is 9.97 Å². The maximum absolute atomic E-state index is 12.6. The van der Waals surface area contributed by atoms with Gasteiger partial charge in [-0.2, -0.15) is 13.2 Å². The summed E-state index contributed by atoms with van der Waals surface area (Å²) < 4.78 is 37.9. The second kappa shape index (κ2) is 5.58. The van der Waals surface area contributed by atoms with Crippen molar-refractivity contribution in [3.05, 3.63) is 59.2 Å². The third-order valence-electron chi connectivity index (χ3n) is 2.89. The first-order valence-electron chi connectivity index (χ1n) is 6.07. The second-order valence-corrected chi connectivity index (χ2v) is 4.54. The SMILES string of the molecule is Cc1nccc(C(N)Cc2cccc(C(F)(F)F)c2)n1. The predicted octanol–water partition coefficient (Wildman–Crippen LogP) is 3.05. The number of alkyl halides is 3. The number of hydrogen-bond donors (Lipinski definition) is 1. The number of rotatable bonds is 3. The first-order valence-corrected chi connectivity index (χ1v) is 6.07. The minimum Gasteiger partial charge on any atom is -0.322 e. The molecule has 2 aromatic rings. The lowest BCUT2D eigenvalue weighted by molar-refractivity contribution is -0.137. The summed E-state index contributed by atoms with van der Waals surface area (Å²) >= 11 is 0. The molecule has 106 valence electrons. The van der Waals surface area contributed by atoms with Crippen LogP contribution < -0.4 is 5.73 Å². The zero-order valence-electron chi connectivity index (χ0n) is 10.9. The van der Waals surface area contributed by atoms with E-state index >= 15 is 0 Å². The predicted molar refractivity (Wildman–Crippen MR) is 68.8 cm³/mol. The van der Waals surface area contributed by atoms with Crippen LogP contribution in [-0.4, -0.2) is 9.97 Å². The molecule has 0 aliphatic carbocycles. The van der Waals surface area contributed by atoms with Gasteiger partial charge in [0.25, 0.3) is 0 Å². The molecule has 0 aliphatic rings. The number of halogens is 3. The fourth-order valence-electron chi connectivity index (χ4n) is 1.91. The van der Waals surface area contributed by atoms with Gasteiger partial charge in [-0.05, 0) is 31.0 Å². The van der Waals surface area contributed by atoms with Crippen LogP contribution in [0.5, 0.6) is 0 Å². The van der Waals surface area contributed by atoms with Crippen molar-refractivity contribution < 1.29 is 13.2 Å². The van der Waals surface area contributed by atoms with E-state index < -0.39 is 17.8 Å². The van der Waals surface area contributed by atoms with Crippen molar-refractivity contribution in [2.45, 2.75) is 25.6 Å². The molecule has 0 spiro atoms. The molecule has 3 nitrogen and oxygen atoms in total. The molecule has 0 bridgehead atoms. The van der Waals surface area contributed by atoms with Crippen molar-refractivity contribution in [2.24, 2.45) is 5.73 Å². The molecule has 1 unspecified atom stereocenters. The molecule has 0 amide bonds. The van der Waals surface area contributed by atoms with Crippen molar-refractivity contribution in [1.82, 2.24) is 9.97 Å². The molecular formula is C14H14F3N3. The van der Waals surface area contributed by atoms with Gasteiger partial charge in [-0.3, -0.25) is 0 Å². The third kappa shape index (κ3) is 3.54. The minimum absolute atomic E-state index is 0.292. The normalized spacial score (nSPS) is 13.2. The van der Waals surface area contributed by atoms with Crippen molar-refractivity contribution in [3.8, 4) is 0 Å². The third-order valence-corrected chi connectivity index (χ3v) is 2.89. The zero-order valence-corrected chi connectivity index (χ0v) is 10.9. The largest absolute Gasteiger partial charge is 0.416 e. The van der Waals surface area contributed by atoms with E-state index in [0.29, 0.717) is 23.5 Å². The summed E-state index contributed by atoms with van der Waals surface area (Å²) in [6, 6.07) is 6.39. The molecule has 6 heteroatoms. The van der Waals surface area contributed by atoms with Gasteiger partial charge in [-0.15, -0.1) is 0 Å². The maximum atomic E-state index is 12.6. The molecule has 0 fully saturated rings. The Morgan fingerprint density at radius 1 is 1.25 bits per heavy atom. The van der Waals surface area contributed by atoms with Crippen molar-refractivity contribution >= 4 is 0 Å². The van der Waals surface area contributed by atoms with Gasteiger partial charge in [0.05, 0.1) is 17.3 Å². The van der Waals surface area contributed by atoms with Crippen LogP contribution in [0.4, 0.5) is 13.2 Å². The van der Waals surface area contributed by atoms with Crippen LogP contribution in [0, 0.1) is 6.92 Å². The van der Waals surface area contributed by atoms with Gasteiger partial charge in [0.1, 0.15) is 5.82 Å². The molecule has 0 radical (unpaired) electrons. The van der Waals surface area contributed by atoms with Crippen molar-refractivity contribution in [3.63, 3.8) is 0 Å². The molecule has 2 rings (SSSR count). The first-order chi connectivity index (χ1) is 9.36. The standard InChI is InChI=1S/C14H14F3N3/c1-9-19-6-5-13(20-9)12(18)8-10-3-2-4-11(7-10)14(15,16)17/h2-7,12H,8,18H2,1H3. The summed E-state index contributed by atoms with van der Waals surface area (Å²) in [6.07, 6.45) is -2.46. The Labute approximate surface area is 114 Å². The lowest BCUT2D eigenvalue weighted by atomic mass is 10.0. The number of aryl methyl sites for hydroxylation is 1. The summed E-state index contributed by atoms with van der Waals surface area (Å²) in [7, 11) is 0. The van der Waals surface area contributed by atoms with E-state index in [9.17, 15) is 13.2 Å². The minimum atomic E-state index is -4.34. The molecule has 0 saturated heterocycles. The second-order valence-electron chi connectivity index (χ2n) is 4.54. The average molecular weight is 281 g/mol. The highest BCUT2D eigenvalue weighted by atomic mass is 19.4. The topological polar surface area (TPSA) is 51.8 Å². The van der Waals surface area contributed by atoms with E-state index in [1.54, 1.807) is 25.3 Å². The van der Waals surface area contributed by atoms with E-state index in [1.165, 1.54) is 6.07 Å². The van der Waals surface area contributed by atoms with Gasteiger partial charge in [0.15, 0.2) is 0 Å². The highest BCUT2D eigenvalue weighted by Crippen LogP contribution is 2.30. The molecule has 1 atom stereocenters. The van der Waals surface area contributed by atoms with E-state index in [4.69, 9.17) is 5.73 Å². The molecule has 1 aromatic carbocycles. The Balaban J connectivity index is 2.18. The van der Waals surface area contributed by atoms with E-state index in [1.807, 2.05) is 0 Å². The Kier molecular flexibility index (Phi) is 4.04. The zero-order chi connectivity index (χ0) is 14.8. The van der Waals surface area contributed by atoms with Gasteiger partial charge in [0, 0.05) is 6.20 Å². The number of aromatic nitrogens is 2. The summed E-state index contributed by atoms with van der Waals surface area (Å²) in [5.41, 5.74) is 6.47. The van der Waals surface area contributed by atoms with E-state index in [2.05, 4.69) is 9.97 Å². The van der Waals surface area contributed by atoms with E-state index in [0.717, 1.165) is 12.1 Å². The van der Waals surface area contributed by atoms with Gasteiger partial charge >= 0.3 is 6.18 Å². The highest BCUT2D eigenvalue weighted by Gasteiger charge is 2.30. The van der Waals surface area contributed by atoms with Crippen molar-refractivity contribution in [1.29, 1.82) is 0 Å². The first kappa shape index (κ1) is 14.5. The quantitative estimate of drug-likeness (QED) is 0.940. The van der Waals surface area contributed by atoms with Gasteiger partial charge < -0.3 is 5.73 Å². The number of benzene rings is 1. The lowest BCUT2D eigenvalue weighted by Gasteiger charge is -2.13. The lowest BCUT2D eigenvalue weighted by Crippen LogP contribution is -2.16.